The highest BCUT2D eigenvalue weighted by atomic mass is 16.4. The van der Waals surface area contributed by atoms with Crippen LogP contribution >= 0.6 is 0 Å². The van der Waals surface area contributed by atoms with Crippen LogP contribution in [0.15, 0.2) is 5.16 Å². The van der Waals surface area contributed by atoms with E-state index in [1.54, 1.807) is 0 Å². The number of oxime groups is 1. The van der Waals surface area contributed by atoms with Gasteiger partial charge in [-0.3, -0.25) is 4.79 Å². The van der Waals surface area contributed by atoms with E-state index in [-0.39, 0.29) is 18.2 Å². The van der Waals surface area contributed by atoms with Crippen LogP contribution in [-0.2, 0) is 4.79 Å². The minimum Gasteiger partial charge on any atom is -0.409 e. The van der Waals surface area contributed by atoms with Gasteiger partial charge in [-0.15, -0.1) is 0 Å². The van der Waals surface area contributed by atoms with Crippen LogP contribution in [0.3, 0.4) is 0 Å². The van der Waals surface area contributed by atoms with Crippen molar-refractivity contribution < 1.29 is 10.0 Å². The van der Waals surface area contributed by atoms with Crippen LogP contribution in [0.4, 0.5) is 0 Å². The molecule has 0 aromatic rings. The first kappa shape index (κ1) is 12.7. The minimum absolute atomic E-state index is 0.0571. The van der Waals surface area contributed by atoms with Crippen molar-refractivity contribution in [2.45, 2.75) is 12.8 Å². The number of carbonyl (C=O) groups is 1. The number of amidine groups is 1. The summed E-state index contributed by atoms with van der Waals surface area (Å²) in [6.45, 7) is 1.53. The second kappa shape index (κ2) is 7.14. The van der Waals surface area contributed by atoms with Crippen molar-refractivity contribution in [2.75, 3.05) is 27.2 Å². The van der Waals surface area contributed by atoms with Crippen LogP contribution in [0.5, 0.6) is 0 Å². The Bertz CT molecular complexity index is 204. The summed E-state index contributed by atoms with van der Waals surface area (Å²) in [4.78, 5) is 13.1. The lowest BCUT2D eigenvalue weighted by Gasteiger charge is -2.09. The quantitative estimate of drug-likeness (QED) is 0.173. The molecule has 82 valence electrons. The molecule has 0 aliphatic carbocycles. The molecule has 0 radical (unpaired) electrons. The second-order valence-corrected chi connectivity index (χ2v) is 3.27. The van der Waals surface area contributed by atoms with E-state index in [1.165, 1.54) is 0 Å². The van der Waals surface area contributed by atoms with Crippen molar-refractivity contribution in [2.24, 2.45) is 10.9 Å². The molecule has 0 spiro atoms. The number of carbonyl (C=O) groups excluding carboxylic acids is 1. The van der Waals surface area contributed by atoms with Gasteiger partial charge in [0, 0.05) is 6.54 Å². The van der Waals surface area contributed by atoms with E-state index in [0.29, 0.717) is 6.54 Å². The summed E-state index contributed by atoms with van der Waals surface area (Å²) in [6.07, 6.45) is 0.827. The summed E-state index contributed by atoms with van der Waals surface area (Å²) in [5, 5.41) is 13.6. The van der Waals surface area contributed by atoms with Crippen LogP contribution in [0.1, 0.15) is 12.8 Å². The number of hydrogen-bond donors (Lipinski definition) is 3. The van der Waals surface area contributed by atoms with Crippen molar-refractivity contribution >= 4 is 11.7 Å². The molecule has 0 unspecified atom stereocenters. The standard InChI is InChI=1S/C8H18N4O2/c1-12(2)5-3-4-10-8(13)6-7(9)11-14/h14H,3-6H2,1-2H3,(H2,9,11)(H,10,13). The molecule has 14 heavy (non-hydrogen) atoms. The van der Waals surface area contributed by atoms with Crippen molar-refractivity contribution in [3.8, 4) is 0 Å². The Labute approximate surface area is 83.7 Å². The van der Waals surface area contributed by atoms with Gasteiger partial charge in [-0.2, -0.15) is 0 Å². The highest BCUT2D eigenvalue weighted by molar-refractivity contribution is 5.98. The third-order valence-corrected chi connectivity index (χ3v) is 1.57. The van der Waals surface area contributed by atoms with Gasteiger partial charge in [-0.25, -0.2) is 0 Å². The molecule has 6 nitrogen and oxygen atoms in total. The van der Waals surface area contributed by atoms with Crippen LogP contribution in [0.25, 0.3) is 0 Å². The predicted molar refractivity (Wildman–Crippen MR) is 54.2 cm³/mol. The molecular weight excluding hydrogens is 184 g/mol. The molecule has 0 aromatic heterocycles. The average Bonchev–Trinajstić information content (AvgIpc) is 2.12. The fourth-order valence-corrected chi connectivity index (χ4v) is 0.885. The molecule has 4 N–H and O–H groups in total. The largest absolute Gasteiger partial charge is 0.409 e. The van der Waals surface area contributed by atoms with Gasteiger partial charge in [0.15, 0.2) is 0 Å². The minimum atomic E-state index is -0.223. The maximum absolute atomic E-state index is 11.1. The molecule has 0 saturated carbocycles. The van der Waals surface area contributed by atoms with Crippen LogP contribution in [0, 0.1) is 0 Å². The fraction of sp³-hybridized carbons (Fsp3) is 0.750. The van der Waals surface area contributed by atoms with Crippen molar-refractivity contribution in [3.05, 3.63) is 0 Å². The lowest BCUT2D eigenvalue weighted by molar-refractivity contribution is -0.119. The summed E-state index contributed by atoms with van der Waals surface area (Å²) < 4.78 is 0. The monoisotopic (exact) mass is 202 g/mol. The van der Waals surface area contributed by atoms with Gasteiger partial charge in [0.05, 0.1) is 6.42 Å². The second-order valence-electron chi connectivity index (χ2n) is 3.27. The number of hydrogen-bond acceptors (Lipinski definition) is 4. The van der Waals surface area contributed by atoms with Gasteiger partial charge in [-0.05, 0) is 27.1 Å². The lowest BCUT2D eigenvalue weighted by Crippen LogP contribution is -2.30. The van der Waals surface area contributed by atoms with Gasteiger partial charge >= 0.3 is 0 Å². The molecule has 0 bridgehead atoms. The summed E-state index contributed by atoms with van der Waals surface area (Å²) >= 11 is 0. The summed E-state index contributed by atoms with van der Waals surface area (Å²) in [5.74, 6) is -0.297. The highest BCUT2D eigenvalue weighted by Crippen LogP contribution is 1.83. The van der Waals surface area contributed by atoms with Gasteiger partial charge in [0.2, 0.25) is 5.91 Å². The molecule has 0 aliphatic rings. The maximum Gasteiger partial charge on any atom is 0.227 e. The van der Waals surface area contributed by atoms with E-state index in [0.717, 1.165) is 13.0 Å². The summed E-state index contributed by atoms with van der Waals surface area (Å²) in [6, 6.07) is 0. The Morgan fingerprint density at radius 3 is 2.71 bits per heavy atom. The van der Waals surface area contributed by atoms with Gasteiger partial charge in [0.1, 0.15) is 5.84 Å². The summed E-state index contributed by atoms with van der Waals surface area (Å²) in [7, 11) is 3.94. The highest BCUT2D eigenvalue weighted by Gasteiger charge is 2.03. The lowest BCUT2D eigenvalue weighted by atomic mass is 10.3. The van der Waals surface area contributed by atoms with Gasteiger partial charge in [0.25, 0.3) is 0 Å². The average molecular weight is 202 g/mol. The van der Waals surface area contributed by atoms with E-state index in [4.69, 9.17) is 10.9 Å². The maximum atomic E-state index is 11.1. The number of rotatable bonds is 6. The van der Waals surface area contributed by atoms with Crippen LogP contribution < -0.4 is 11.1 Å². The Kier molecular flexibility index (Phi) is 6.47. The first-order chi connectivity index (χ1) is 6.56. The van der Waals surface area contributed by atoms with Gasteiger partial charge < -0.3 is 21.2 Å². The van der Waals surface area contributed by atoms with E-state index >= 15 is 0 Å². The third-order valence-electron chi connectivity index (χ3n) is 1.57. The number of nitrogens with two attached hydrogens (primary N) is 1. The van der Waals surface area contributed by atoms with Crippen molar-refractivity contribution in [1.29, 1.82) is 0 Å². The zero-order valence-electron chi connectivity index (χ0n) is 8.66. The molecular formula is C8H18N4O2. The Hall–Kier alpha value is -1.30. The zero-order chi connectivity index (χ0) is 11.0. The SMILES string of the molecule is CN(C)CCCNC(=O)C/C(N)=N/O. The molecule has 1 amide bonds. The normalized spacial score (nSPS) is 11.8. The molecule has 0 aromatic carbocycles. The Morgan fingerprint density at radius 1 is 1.57 bits per heavy atom. The Morgan fingerprint density at radius 2 is 2.21 bits per heavy atom. The van der Waals surface area contributed by atoms with E-state index in [9.17, 15) is 4.79 Å². The first-order valence-electron chi connectivity index (χ1n) is 4.44. The third kappa shape index (κ3) is 7.35. The molecule has 0 aliphatic heterocycles. The Balaban J connectivity index is 3.45. The molecule has 0 saturated heterocycles. The van der Waals surface area contributed by atoms with Crippen LogP contribution in [-0.4, -0.2) is 49.0 Å². The van der Waals surface area contributed by atoms with E-state index < -0.39 is 0 Å². The van der Waals surface area contributed by atoms with Crippen molar-refractivity contribution in [3.63, 3.8) is 0 Å². The molecule has 0 heterocycles. The topological polar surface area (TPSA) is 91.0 Å². The van der Waals surface area contributed by atoms with E-state index in [2.05, 4.69) is 10.5 Å². The number of amides is 1. The number of nitrogens with one attached hydrogen (secondary N) is 1. The molecule has 0 rings (SSSR count). The molecule has 0 atom stereocenters. The van der Waals surface area contributed by atoms with Gasteiger partial charge in [-0.1, -0.05) is 5.16 Å². The van der Waals surface area contributed by atoms with E-state index in [1.807, 2.05) is 19.0 Å². The fourth-order valence-electron chi connectivity index (χ4n) is 0.885. The molecule has 0 fully saturated rings. The first-order valence-corrected chi connectivity index (χ1v) is 4.44. The zero-order valence-corrected chi connectivity index (χ0v) is 8.66. The molecule has 6 heteroatoms. The van der Waals surface area contributed by atoms with Crippen LogP contribution in [0.2, 0.25) is 0 Å². The summed E-state index contributed by atoms with van der Waals surface area (Å²) in [5.41, 5.74) is 5.16. The number of nitrogens with zero attached hydrogens (tertiary/aromatic N) is 2. The predicted octanol–water partition coefficient (Wildman–Crippen LogP) is -0.809. The van der Waals surface area contributed by atoms with Crippen molar-refractivity contribution in [1.82, 2.24) is 10.2 Å². The smallest absolute Gasteiger partial charge is 0.227 e.